The number of aliphatic hydroxyl groups is 1. The Kier molecular flexibility index (Phi) is 10.8. The molecule has 3 aromatic rings. The van der Waals surface area contributed by atoms with E-state index in [0.29, 0.717) is 34.4 Å². The highest BCUT2D eigenvalue weighted by molar-refractivity contribution is 7.98. The molecule has 0 bridgehead atoms. The van der Waals surface area contributed by atoms with Crippen LogP contribution in [0, 0.1) is 5.92 Å². The number of benzene rings is 2. The van der Waals surface area contributed by atoms with Crippen LogP contribution in [-0.4, -0.2) is 53.0 Å². The first-order chi connectivity index (χ1) is 20.9. The van der Waals surface area contributed by atoms with Gasteiger partial charge in [-0.25, -0.2) is 27.7 Å². The number of nitrogens with zero attached hydrogens (tertiary/aromatic N) is 2. The number of urea groups is 1. The predicted molar refractivity (Wildman–Crippen MR) is 171 cm³/mol. The second-order valence-corrected chi connectivity index (χ2v) is 14.1. The zero-order valence-electron chi connectivity index (χ0n) is 25.7. The number of carboxylic acids is 1. The van der Waals surface area contributed by atoms with Gasteiger partial charge >= 0.3 is 12.0 Å². The van der Waals surface area contributed by atoms with E-state index in [2.05, 4.69) is 10.0 Å². The number of nitrogens with one attached hydrogen (secondary N) is 2. The first kappa shape index (κ1) is 33.5. The zero-order chi connectivity index (χ0) is 32.1. The van der Waals surface area contributed by atoms with Gasteiger partial charge in [-0.15, -0.1) is 11.8 Å². The fourth-order valence-corrected chi connectivity index (χ4v) is 7.48. The molecule has 1 saturated carbocycles. The van der Waals surface area contributed by atoms with Crippen molar-refractivity contribution in [2.75, 3.05) is 12.8 Å². The van der Waals surface area contributed by atoms with Crippen LogP contribution in [0.4, 0.5) is 4.79 Å². The van der Waals surface area contributed by atoms with E-state index in [1.165, 1.54) is 31.2 Å². The van der Waals surface area contributed by atoms with Crippen molar-refractivity contribution in [2.45, 2.75) is 87.3 Å². The van der Waals surface area contributed by atoms with Crippen molar-refractivity contribution in [3.63, 3.8) is 0 Å². The van der Waals surface area contributed by atoms with Gasteiger partial charge in [0.1, 0.15) is 10.9 Å². The number of hydrogen-bond acceptors (Lipinski definition) is 7. The summed E-state index contributed by atoms with van der Waals surface area (Å²) in [7, 11) is -4.16. The van der Waals surface area contributed by atoms with Gasteiger partial charge in [0.2, 0.25) is 5.60 Å². The summed E-state index contributed by atoms with van der Waals surface area (Å²) in [6.45, 7) is 5.99. The van der Waals surface area contributed by atoms with E-state index in [1.807, 2.05) is 26.0 Å². The van der Waals surface area contributed by atoms with Crippen molar-refractivity contribution in [1.82, 2.24) is 19.6 Å². The maximum atomic E-state index is 13.3. The van der Waals surface area contributed by atoms with Crippen molar-refractivity contribution in [2.24, 2.45) is 5.92 Å². The summed E-state index contributed by atoms with van der Waals surface area (Å²) in [5.74, 6) is -0.302. The number of aromatic nitrogens is 2. The van der Waals surface area contributed by atoms with Crippen LogP contribution in [0.2, 0.25) is 0 Å². The highest BCUT2D eigenvalue weighted by Crippen LogP contribution is 2.35. The van der Waals surface area contributed by atoms with E-state index >= 15 is 0 Å². The van der Waals surface area contributed by atoms with Crippen molar-refractivity contribution >= 4 is 33.8 Å². The lowest BCUT2D eigenvalue weighted by Gasteiger charge is -2.23. The molecule has 0 aliphatic heterocycles. The second-order valence-electron chi connectivity index (χ2n) is 11.6. The molecule has 1 aliphatic carbocycles. The standard InChI is InChI=1S/C32H42N4O6S2/c1-5-21(2)28-34-29(43-4)27(32(3,40)30(37)38)36(28)20-23-15-17-24(18-16-23)25-13-9-10-14-26(25)44(41,42)35-31(39)33-19-22-11-7-6-8-12-22/h9-10,13-18,21-22,40H,5-8,11-12,19-20H2,1-4H3,(H,37,38)(H2,33,35,39). The van der Waals surface area contributed by atoms with Gasteiger partial charge in [0, 0.05) is 24.6 Å². The molecule has 2 atom stereocenters. The van der Waals surface area contributed by atoms with Crippen molar-refractivity contribution in [3.05, 3.63) is 65.6 Å². The Bertz CT molecular complexity index is 1580. The lowest BCUT2D eigenvalue weighted by atomic mass is 9.89. The molecule has 44 heavy (non-hydrogen) atoms. The van der Waals surface area contributed by atoms with Crippen LogP contribution in [0.25, 0.3) is 11.1 Å². The Labute approximate surface area is 263 Å². The molecule has 0 saturated heterocycles. The van der Waals surface area contributed by atoms with Crippen molar-refractivity contribution in [1.29, 1.82) is 0 Å². The fourth-order valence-electron chi connectivity index (χ4n) is 5.63. The highest BCUT2D eigenvalue weighted by atomic mass is 32.2. The summed E-state index contributed by atoms with van der Waals surface area (Å²) in [6.07, 6.45) is 8.09. The molecule has 1 aromatic heterocycles. The maximum Gasteiger partial charge on any atom is 0.341 e. The number of thioether (sulfide) groups is 1. The van der Waals surface area contributed by atoms with Crippen LogP contribution in [0.3, 0.4) is 0 Å². The minimum atomic E-state index is -4.16. The van der Waals surface area contributed by atoms with Gasteiger partial charge in [-0.05, 0) is 55.6 Å². The minimum absolute atomic E-state index is 0.0152. The molecule has 10 nitrogen and oxygen atoms in total. The Morgan fingerprint density at radius 1 is 1.11 bits per heavy atom. The van der Waals surface area contributed by atoms with E-state index in [-0.39, 0.29) is 23.1 Å². The molecule has 0 spiro atoms. The van der Waals surface area contributed by atoms with Crippen LogP contribution in [0.15, 0.2) is 58.5 Å². The first-order valence-electron chi connectivity index (χ1n) is 15.0. The zero-order valence-corrected chi connectivity index (χ0v) is 27.3. The Morgan fingerprint density at radius 3 is 2.39 bits per heavy atom. The number of amides is 2. The summed E-state index contributed by atoms with van der Waals surface area (Å²) < 4.78 is 30.5. The molecule has 2 aromatic carbocycles. The predicted octanol–water partition coefficient (Wildman–Crippen LogP) is 5.69. The van der Waals surface area contributed by atoms with E-state index in [9.17, 15) is 28.2 Å². The van der Waals surface area contributed by atoms with E-state index in [0.717, 1.165) is 37.7 Å². The quantitative estimate of drug-likeness (QED) is 0.184. The number of imidazole rings is 1. The van der Waals surface area contributed by atoms with Gasteiger partial charge in [0.25, 0.3) is 10.0 Å². The van der Waals surface area contributed by atoms with Gasteiger partial charge in [-0.1, -0.05) is 75.6 Å². The number of aliphatic carboxylic acids is 1. The summed E-state index contributed by atoms with van der Waals surface area (Å²) in [5, 5.41) is 24.0. The largest absolute Gasteiger partial charge is 0.479 e. The molecule has 1 heterocycles. The molecule has 0 radical (unpaired) electrons. The van der Waals surface area contributed by atoms with Crippen LogP contribution < -0.4 is 10.0 Å². The summed E-state index contributed by atoms with van der Waals surface area (Å²) in [4.78, 5) is 29.3. The third-order valence-electron chi connectivity index (χ3n) is 8.37. The summed E-state index contributed by atoms with van der Waals surface area (Å²) in [6, 6.07) is 13.0. The van der Waals surface area contributed by atoms with Gasteiger partial charge in [-0.3, -0.25) is 0 Å². The third kappa shape index (κ3) is 7.47. The minimum Gasteiger partial charge on any atom is -0.479 e. The topological polar surface area (TPSA) is 151 Å². The molecule has 2 unspecified atom stereocenters. The van der Waals surface area contributed by atoms with Crippen molar-refractivity contribution in [3.8, 4) is 11.1 Å². The number of sulfonamides is 1. The monoisotopic (exact) mass is 642 g/mol. The third-order valence-corrected chi connectivity index (χ3v) is 10.4. The molecular formula is C32H42N4O6S2. The Morgan fingerprint density at radius 2 is 1.77 bits per heavy atom. The smallest absolute Gasteiger partial charge is 0.341 e. The van der Waals surface area contributed by atoms with Crippen LogP contribution >= 0.6 is 11.8 Å². The molecule has 12 heteroatoms. The van der Waals surface area contributed by atoms with Gasteiger partial charge in [-0.2, -0.15) is 0 Å². The average molecular weight is 643 g/mol. The number of carbonyl (C=O) groups excluding carboxylic acids is 1. The van der Waals surface area contributed by atoms with Crippen LogP contribution in [-0.2, 0) is 27.0 Å². The maximum absolute atomic E-state index is 13.3. The Balaban J connectivity index is 1.59. The van der Waals surface area contributed by atoms with Gasteiger partial charge in [0.05, 0.1) is 10.6 Å². The molecule has 4 N–H and O–H groups in total. The van der Waals surface area contributed by atoms with E-state index in [4.69, 9.17) is 4.98 Å². The van der Waals surface area contributed by atoms with Gasteiger partial charge < -0.3 is 20.1 Å². The molecule has 1 fully saturated rings. The molecular weight excluding hydrogens is 601 g/mol. The number of rotatable bonds is 12. The molecule has 4 rings (SSSR count). The number of carbonyl (C=O) groups is 2. The first-order valence-corrected chi connectivity index (χ1v) is 17.7. The second kappa shape index (κ2) is 14.2. The SMILES string of the molecule is CCC(C)c1nc(SC)c(C(C)(O)C(=O)O)n1Cc1ccc(-c2ccccc2S(=O)(=O)NC(=O)NCC2CCCCC2)cc1. The lowest BCUT2D eigenvalue weighted by molar-refractivity contribution is -0.158. The highest BCUT2D eigenvalue weighted by Gasteiger charge is 2.40. The average Bonchev–Trinajstić information content (AvgIpc) is 3.39. The van der Waals surface area contributed by atoms with Crippen LogP contribution in [0.1, 0.15) is 82.3 Å². The Hall–Kier alpha value is -3.35. The fraction of sp³-hybridized carbons (Fsp3) is 0.469. The molecule has 238 valence electrons. The number of carboxylic acid groups (broad SMARTS) is 1. The summed E-state index contributed by atoms with van der Waals surface area (Å²) in [5.41, 5.74) is -0.0473. The number of hydrogen-bond donors (Lipinski definition) is 4. The van der Waals surface area contributed by atoms with Gasteiger partial charge in [0.15, 0.2) is 0 Å². The van der Waals surface area contributed by atoms with Crippen molar-refractivity contribution < 1.29 is 28.2 Å². The molecule has 2 amide bonds. The van der Waals surface area contributed by atoms with Crippen LogP contribution in [0.5, 0.6) is 0 Å². The van der Waals surface area contributed by atoms with E-state index in [1.54, 1.807) is 41.2 Å². The lowest BCUT2D eigenvalue weighted by Crippen LogP contribution is -2.41. The normalized spacial score (nSPS) is 16.2. The van der Waals surface area contributed by atoms with E-state index < -0.39 is 27.6 Å². The molecule has 1 aliphatic rings. The summed E-state index contributed by atoms with van der Waals surface area (Å²) >= 11 is 1.28.